The molecule has 0 aromatic rings. The van der Waals surface area contributed by atoms with Crippen molar-refractivity contribution >= 4 is 5.97 Å². The highest BCUT2D eigenvalue weighted by Crippen LogP contribution is 2.00. The molecule has 0 spiro atoms. The molecular weight excluding hydrogens is 166 g/mol. The third kappa shape index (κ3) is 6.34. The van der Waals surface area contributed by atoms with E-state index >= 15 is 0 Å². The van der Waals surface area contributed by atoms with E-state index in [0.717, 1.165) is 6.54 Å². The van der Waals surface area contributed by atoms with Crippen LogP contribution in [0.4, 0.5) is 0 Å². The highest BCUT2D eigenvalue weighted by molar-refractivity contribution is 5.70. The van der Waals surface area contributed by atoms with Crippen LogP contribution in [0.25, 0.3) is 0 Å². The van der Waals surface area contributed by atoms with E-state index in [9.17, 15) is 4.79 Å². The Bertz CT molecular complexity index is 203. The average molecular weight is 186 g/mol. The lowest BCUT2D eigenvalue weighted by Gasteiger charge is -2.26. The molecule has 0 saturated heterocycles. The van der Waals surface area contributed by atoms with Crippen molar-refractivity contribution in [1.29, 1.82) is 0 Å². The average Bonchev–Trinajstić information content (AvgIpc) is 2.00. The fourth-order valence-corrected chi connectivity index (χ4v) is 0.908. The van der Waals surface area contributed by atoms with Crippen molar-refractivity contribution in [2.45, 2.75) is 13.8 Å². The lowest BCUT2D eigenvalue weighted by Crippen LogP contribution is -2.44. The van der Waals surface area contributed by atoms with Gasteiger partial charge in [-0.3, -0.25) is 0 Å². The van der Waals surface area contributed by atoms with Gasteiger partial charge in [-0.2, -0.15) is 0 Å². The fourth-order valence-electron chi connectivity index (χ4n) is 0.908. The molecule has 0 N–H and O–H groups in total. The van der Waals surface area contributed by atoms with Crippen molar-refractivity contribution in [3.63, 3.8) is 0 Å². The second-order valence-electron chi connectivity index (χ2n) is 4.13. The van der Waals surface area contributed by atoms with Crippen molar-refractivity contribution in [2.75, 3.05) is 34.3 Å². The normalized spacial score (nSPS) is 10.8. The van der Waals surface area contributed by atoms with Crippen LogP contribution < -0.4 is 0 Å². The maximum Gasteiger partial charge on any atom is 0.361 e. The van der Waals surface area contributed by atoms with E-state index in [4.69, 9.17) is 0 Å². The number of carbonyl (C=O) groups excluding carboxylic acids is 1. The monoisotopic (exact) mass is 186 g/mol. The van der Waals surface area contributed by atoms with Gasteiger partial charge in [0.15, 0.2) is 6.54 Å². The number of ether oxygens (including phenoxy) is 1. The van der Waals surface area contributed by atoms with Crippen LogP contribution in [0.5, 0.6) is 0 Å². The van der Waals surface area contributed by atoms with E-state index in [0.29, 0.717) is 11.0 Å². The standard InChI is InChI=1S/C10H20NO2/c1-9(2)6-7-11(3,4)8-10(12)13-5/h6H,7-8H2,1-5H3/q+1. The Morgan fingerprint density at radius 2 is 1.92 bits per heavy atom. The Kier molecular flexibility index (Phi) is 4.70. The molecule has 0 aromatic heterocycles. The lowest BCUT2D eigenvalue weighted by atomic mass is 10.3. The zero-order valence-electron chi connectivity index (χ0n) is 9.26. The smallest absolute Gasteiger partial charge is 0.361 e. The molecule has 0 bridgehead atoms. The minimum absolute atomic E-state index is 0.160. The van der Waals surface area contributed by atoms with Crippen LogP contribution in [0.1, 0.15) is 13.8 Å². The van der Waals surface area contributed by atoms with Gasteiger partial charge in [-0.15, -0.1) is 0 Å². The SMILES string of the molecule is COC(=O)C[N+](C)(C)CC=C(C)C. The zero-order chi connectivity index (χ0) is 10.5. The molecule has 76 valence electrons. The van der Waals surface area contributed by atoms with E-state index in [-0.39, 0.29) is 5.97 Å². The number of allylic oxidation sites excluding steroid dienone is 1. The van der Waals surface area contributed by atoms with Crippen molar-refractivity contribution in [2.24, 2.45) is 0 Å². The maximum atomic E-state index is 11.0. The molecule has 0 amide bonds. The minimum atomic E-state index is -0.160. The molecule has 0 radical (unpaired) electrons. The largest absolute Gasteiger partial charge is 0.465 e. The number of rotatable bonds is 4. The summed E-state index contributed by atoms with van der Waals surface area (Å²) in [6.07, 6.45) is 2.13. The van der Waals surface area contributed by atoms with Crippen LogP contribution in [-0.2, 0) is 9.53 Å². The van der Waals surface area contributed by atoms with E-state index in [1.54, 1.807) is 0 Å². The molecule has 0 aromatic carbocycles. The van der Waals surface area contributed by atoms with Crippen LogP contribution in [0.15, 0.2) is 11.6 Å². The highest BCUT2D eigenvalue weighted by Gasteiger charge is 2.18. The Hall–Kier alpha value is -0.830. The number of methoxy groups -OCH3 is 1. The fraction of sp³-hybridized carbons (Fsp3) is 0.700. The van der Waals surface area contributed by atoms with Crippen LogP contribution in [0.2, 0.25) is 0 Å². The lowest BCUT2D eigenvalue weighted by molar-refractivity contribution is -0.877. The molecule has 0 aliphatic carbocycles. The maximum absolute atomic E-state index is 11.0. The summed E-state index contributed by atoms with van der Waals surface area (Å²) in [5.41, 5.74) is 1.27. The summed E-state index contributed by atoms with van der Waals surface area (Å²) >= 11 is 0. The Balaban J connectivity index is 4.08. The molecule has 0 fully saturated rings. The number of esters is 1. The minimum Gasteiger partial charge on any atom is -0.465 e. The van der Waals surface area contributed by atoms with Gasteiger partial charge in [-0.25, -0.2) is 4.79 Å². The topological polar surface area (TPSA) is 26.3 Å². The molecular formula is C10H20NO2+. The van der Waals surface area contributed by atoms with Crippen LogP contribution in [-0.4, -0.2) is 44.7 Å². The summed E-state index contributed by atoms with van der Waals surface area (Å²) in [6, 6.07) is 0. The molecule has 0 saturated carbocycles. The summed E-state index contributed by atoms with van der Waals surface area (Å²) in [7, 11) is 5.44. The van der Waals surface area contributed by atoms with E-state index < -0.39 is 0 Å². The van der Waals surface area contributed by atoms with Crippen molar-refractivity contribution in [1.82, 2.24) is 0 Å². The van der Waals surface area contributed by atoms with E-state index in [1.807, 2.05) is 14.1 Å². The number of hydrogen-bond acceptors (Lipinski definition) is 2. The second-order valence-corrected chi connectivity index (χ2v) is 4.13. The predicted molar refractivity (Wildman–Crippen MR) is 53.3 cm³/mol. The van der Waals surface area contributed by atoms with Gasteiger partial charge in [0.2, 0.25) is 0 Å². The number of quaternary nitrogens is 1. The Morgan fingerprint density at radius 3 is 2.31 bits per heavy atom. The van der Waals surface area contributed by atoms with E-state index in [1.165, 1.54) is 12.7 Å². The number of hydrogen-bond donors (Lipinski definition) is 0. The molecule has 0 rings (SSSR count). The van der Waals surface area contributed by atoms with Gasteiger partial charge in [-0.05, 0) is 19.9 Å². The quantitative estimate of drug-likeness (QED) is 0.374. The van der Waals surface area contributed by atoms with Crippen LogP contribution in [0.3, 0.4) is 0 Å². The summed E-state index contributed by atoms with van der Waals surface area (Å²) in [5.74, 6) is -0.160. The first-order valence-electron chi connectivity index (χ1n) is 4.39. The van der Waals surface area contributed by atoms with Gasteiger partial charge in [0.1, 0.15) is 0 Å². The van der Waals surface area contributed by atoms with Crippen molar-refractivity contribution in [3.8, 4) is 0 Å². The second kappa shape index (κ2) is 5.02. The van der Waals surface area contributed by atoms with Gasteiger partial charge in [0, 0.05) is 0 Å². The van der Waals surface area contributed by atoms with Gasteiger partial charge in [-0.1, -0.05) is 5.57 Å². The first-order chi connectivity index (χ1) is 5.87. The zero-order valence-corrected chi connectivity index (χ0v) is 9.26. The molecule has 0 unspecified atom stereocenters. The van der Waals surface area contributed by atoms with Gasteiger partial charge < -0.3 is 9.22 Å². The number of carbonyl (C=O) groups is 1. The molecule has 13 heavy (non-hydrogen) atoms. The first-order valence-corrected chi connectivity index (χ1v) is 4.39. The molecule has 0 atom stereocenters. The Labute approximate surface area is 80.6 Å². The molecule has 0 aliphatic rings. The predicted octanol–water partition coefficient (Wildman–Crippen LogP) is 1.20. The summed E-state index contributed by atoms with van der Waals surface area (Å²) in [5, 5.41) is 0. The molecule has 3 heteroatoms. The summed E-state index contributed by atoms with van der Waals surface area (Å²) < 4.78 is 5.25. The summed E-state index contributed by atoms with van der Waals surface area (Å²) in [4.78, 5) is 11.0. The van der Waals surface area contributed by atoms with E-state index in [2.05, 4.69) is 24.7 Å². The van der Waals surface area contributed by atoms with Gasteiger partial charge in [0.25, 0.3) is 0 Å². The van der Waals surface area contributed by atoms with Gasteiger partial charge >= 0.3 is 5.97 Å². The number of likely N-dealkylation sites (N-methyl/N-ethyl adjacent to an activating group) is 1. The van der Waals surface area contributed by atoms with Gasteiger partial charge in [0.05, 0.1) is 27.7 Å². The Morgan fingerprint density at radius 1 is 1.38 bits per heavy atom. The highest BCUT2D eigenvalue weighted by atomic mass is 16.5. The van der Waals surface area contributed by atoms with Crippen LogP contribution >= 0.6 is 0 Å². The third-order valence-corrected chi connectivity index (χ3v) is 1.78. The van der Waals surface area contributed by atoms with Crippen molar-refractivity contribution < 1.29 is 14.0 Å². The molecule has 0 aliphatic heterocycles. The number of nitrogens with zero attached hydrogens (tertiary/aromatic N) is 1. The third-order valence-electron chi connectivity index (χ3n) is 1.78. The summed E-state index contributed by atoms with van der Waals surface area (Å²) in [6.45, 7) is 5.38. The van der Waals surface area contributed by atoms with Crippen LogP contribution in [0, 0.1) is 0 Å². The molecule has 0 heterocycles. The first kappa shape index (κ1) is 12.2. The molecule has 3 nitrogen and oxygen atoms in total. The van der Waals surface area contributed by atoms with Crippen molar-refractivity contribution in [3.05, 3.63) is 11.6 Å².